The number of nitrogens with one attached hydrogen (secondary N) is 1. The summed E-state index contributed by atoms with van der Waals surface area (Å²) in [4.78, 5) is 26.0. The molecule has 0 bridgehead atoms. The predicted octanol–water partition coefficient (Wildman–Crippen LogP) is 2.26. The molecule has 0 aliphatic rings. The number of pyridine rings is 1. The minimum Gasteiger partial charge on any atom is -0.502 e. The van der Waals surface area contributed by atoms with E-state index in [1.165, 1.54) is 18.3 Å². The maximum Gasteiger partial charge on any atom is 0.311 e. The number of anilines is 1. The van der Waals surface area contributed by atoms with Gasteiger partial charge in [0, 0.05) is 12.3 Å². The van der Waals surface area contributed by atoms with E-state index in [0.29, 0.717) is 5.82 Å². The van der Waals surface area contributed by atoms with Crippen molar-refractivity contribution in [2.45, 2.75) is 6.92 Å². The third-order valence-electron chi connectivity index (χ3n) is 2.70. The molecule has 102 valence electrons. The van der Waals surface area contributed by atoms with Crippen molar-refractivity contribution in [3.05, 3.63) is 57.8 Å². The number of para-hydroxylation sites is 1. The highest BCUT2D eigenvalue weighted by Gasteiger charge is 2.21. The number of carbonyl (C=O) groups excluding carboxylic acids is 1. The Morgan fingerprint density at radius 3 is 2.75 bits per heavy atom. The molecule has 0 spiro atoms. The number of amides is 1. The highest BCUT2D eigenvalue weighted by molar-refractivity contribution is 6.06. The minimum atomic E-state index is -0.752. The average molecular weight is 273 g/mol. The molecular formula is C13H11N3O4. The smallest absolute Gasteiger partial charge is 0.311 e. The van der Waals surface area contributed by atoms with Crippen LogP contribution in [0.3, 0.4) is 0 Å². The molecule has 0 saturated heterocycles. The van der Waals surface area contributed by atoms with Gasteiger partial charge in [-0.15, -0.1) is 0 Å². The number of hydrogen-bond donors (Lipinski definition) is 2. The third kappa shape index (κ3) is 2.56. The maximum atomic E-state index is 12.0. The van der Waals surface area contributed by atoms with E-state index in [-0.39, 0.29) is 5.56 Å². The fourth-order valence-electron chi connectivity index (χ4n) is 1.65. The normalized spacial score (nSPS) is 10.1. The first-order valence-corrected chi connectivity index (χ1v) is 5.70. The lowest BCUT2D eigenvalue weighted by Gasteiger charge is -2.08. The van der Waals surface area contributed by atoms with Crippen LogP contribution in [0.4, 0.5) is 11.5 Å². The van der Waals surface area contributed by atoms with E-state index in [1.54, 1.807) is 19.1 Å². The third-order valence-corrected chi connectivity index (χ3v) is 2.70. The van der Waals surface area contributed by atoms with E-state index >= 15 is 0 Å². The molecule has 1 amide bonds. The number of nitrogens with zero attached hydrogens (tertiary/aromatic N) is 2. The number of carbonyl (C=O) groups is 1. The second kappa shape index (κ2) is 5.35. The molecule has 0 radical (unpaired) electrons. The minimum absolute atomic E-state index is 0.177. The summed E-state index contributed by atoms with van der Waals surface area (Å²) in [5.41, 5.74) is 0.0467. The topological polar surface area (TPSA) is 105 Å². The zero-order valence-electron chi connectivity index (χ0n) is 10.5. The van der Waals surface area contributed by atoms with Gasteiger partial charge < -0.3 is 10.4 Å². The van der Waals surface area contributed by atoms with Gasteiger partial charge in [-0.3, -0.25) is 14.9 Å². The standard InChI is InChI=1S/C13H11N3O4/c1-8-4-3-7-14-12(8)15-13(18)9-5-2-6-10(11(9)17)16(19)20/h2-7,17H,1H3,(H,14,15,18). The Labute approximate surface area is 114 Å². The van der Waals surface area contributed by atoms with E-state index in [2.05, 4.69) is 10.3 Å². The van der Waals surface area contributed by atoms with Gasteiger partial charge in [-0.05, 0) is 24.6 Å². The van der Waals surface area contributed by atoms with Crippen molar-refractivity contribution in [2.24, 2.45) is 0 Å². The van der Waals surface area contributed by atoms with Gasteiger partial charge in [0.1, 0.15) is 5.82 Å². The maximum absolute atomic E-state index is 12.0. The number of benzene rings is 1. The Morgan fingerprint density at radius 1 is 1.35 bits per heavy atom. The molecule has 0 unspecified atom stereocenters. The van der Waals surface area contributed by atoms with Crippen LogP contribution in [0, 0.1) is 17.0 Å². The number of hydrogen-bond acceptors (Lipinski definition) is 5. The van der Waals surface area contributed by atoms with Crippen LogP contribution in [0.1, 0.15) is 15.9 Å². The van der Waals surface area contributed by atoms with Crippen LogP contribution in [-0.4, -0.2) is 20.9 Å². The molecule has 0 aliphatic heterocycles. The number of phenolic OH excluding ortho intramolecular Hbond substituents is 1. The first-order valence-electron chi connectivity index (χ1n) is 5.70. The Bertz CT molecular complexity index is 685. The molecule has 0 atom stereocenters. The van der Waals surface area contributed by atoms with Gasteiger partial charge in [-0.25, -0.2) is 4.98 Å². The summed E-state index contributed by atoms with van der Waals surface area (Å²) in [6, 6.07) is 7.23. The zero-order valence-corrected chi connectivity index (χ0v) is 10.5. The van der Waals surface area contributed by atoms with Crippen LogP contribution < -0.4 is 5.32 Å². The Balaban J connectivity index is 2.33. The van der Waals surface area contributed by atoms with E-state index < -0.39 is 22.3 Å². The summed E-state index contributed by atoms with van der Waals surface area (Å²) < 4.78 is 0. The molecule has 2 rings (SSSR count). The number of nitro groups is 1. The summed E-state index contributed by atoms with van der Waals surface area (Å²) in [5.74, 6) is -0.986. The fourth-order valence-corrected chi connectivity index (χ4v) is 1.65. The highest BCUT2D eigenvalue weighted by Crippen LogP contribution is 2.29. The second-order valence-corrected chi connectivity index (χ2v) is 4.05. The van der Waals surface area contributed by atoms with E-state index in [0.717, 1.165) is 11.6 Å². The van der Waals surface area contributed by atoms with Gasteiger partial charge in [0.2, 0.25) is 5.75 Å². The lowest BCUT2D eigenvalue weighted by molar-refractivity contribution is -0.385. The Hall–Kier alpha value is -2.96. The van der Waals surface area contributed by atoms with Crippen LogP contribution in [-0.2, 0) is 0 Å². The zero-order chi connectivity index (χ0) is 14.7. The van der Waals surface area contributed by atoms with E-state index in [1.807, 2.05) is 0 Å². The monoisotopic (exact) mass is 273 g/mol. The first-order chi connectivity index (χ1) is 9.50. The van der Waals surface area contributed by atoms with Crippen LogP contribution in [0.25, 0.3) is 0 Å². The lowest BCUT2D eigenvalue weighted by Crippen LogP contribution is -2.14. The summed E-state index contributed by atoms with van der Waals surface area (Å²) in [5, 5.41) is 23.0. The summed E-state index contributed by atoms with van der Waals surface area (Å²) >= 11 is 0. The molecule has 0 aliphatic carbocycles. The fraction of sp³-hybridized carbons (Fsp3) is 0.0769. The number of nitro benzene ring substituents is 1. The van der Waals surface area contributed by atoms with Gasteiger partial charge in [0.05, 0.1) is 10.5 Å². The number of aryl methyl sites for hydroxylation is 1. The molecule has 2 N–H and O–H groups in total. The van der Waals surface area contributed by atoms with Crippen molar-refractivity contribution in [1.29, 1.82) is 0 Å². The lowest BCUT2D eigenvalue weighted by atomic mass is 10.1. The largest absolute Gasteiger partial charge is 0.502 e. The van der Waals surface area contributed by atoms with Gasteiger partial charge >= 0.3 is 5.69 Å². The molecular weight excluding hydrogens is 262 g/mol. The molecule has 1 aromatic heterocycles. The van der Waals surface area contributed by atoms with Crippen molar-refractivity contribution in [3.63, 3.8) is 0 Å². The quantitative estimate of drug-likeness (QED) is 0.659. The van der Waals surface area contributed by atoms with Crippen molar-refractivity contribution in [2.75, 3.05) is 5.32 Å². The summed E-state index contributed by atoms with van der Waals surface area (Å²) in [6.45, 7) is 1.76. The van der Waals surface area contributed by atoms with Crippen LogP contribution in [0.5, 0.6) is 5.75 Å². The number of aromatic hydroxyl groups is 1. The summed E-state index contributed by atoms with van der Waals surface area (Å²) in [6.07, 6.45) is 1.51. The van der Waals surface area contributed by atoms with Crippen LogP contribution >= 0.6 is 0 Å². The highest BCUT2D eigenvalue weighted by atomic mass is 16.6. The Kier molecular flexibility index (Phi) is 3.60. The van der Waals surface area contributed by atoms with Gasteiger partial charge in [0.15, 0.2) is 0 Å². The predicted molar refractivity (Wildman–Crippen MR) is 71.7 cm³/mol. The van der Waals surface area contributed by atoms with Gasteiger partial charge in [-0.1, -0.05) is 12.1 Å². The van der Waals surface area contributed by atoms with Crippen LogP contribution in [0.2, 0.25) is 0 Å². The molecule has 20 heavy (non-hydrogen) atoms. The van der Waals surface area contributed by atoms with Crippen molar-refractivity contribution in [3.8, 4) is 5.75 Å². The number of rotatable bonds is 3. The number of phenols is 1. The second-order valence-electron chi connectivity index (χ2n) is 4.05. The van der Waals surface area contributed by atoms with Gasteiger partial charge in [-0.2, -0.15) is 0 Å². The van der Waals surface area contributed by atoms with Crippen molar-refractivity contribution < 1.29 is 14.8 Å². The summed E-state index contributed by atoms with van der Waals surface area (Å²) in [7, 11) is 0. The number of aromatic nitrogens is 1. The van der Waals surface area contributed by atoms with Gasteiger partial charge in [0.25, 0.3) is 5.91 Å². The molecule has 1 aromatic carbocycles. The first kappa shape index (κ1) is 13.5. The Morgan fingerprint density at radius 2 is 2.10 bits per heavy atom. The molecule has 2 aromatic rings. The van der Waals surface area contributed by atoms with Crippen LogP contribution in [0.15, 0.2) is 36.5 Å². The molecule has 1 heterocycles. The molecule has 7 nitrogen and oxygen atoms in total. The van der Waals surface area contributed by atoms with Crippen molar-refractivity contribution in [1.82, 2.24) is 4.98 Å². The molecule has 7 heteroatoms. The van der Waals surface area contributed by atoms with E-state index in [4.69, 9.17) is 0 Å². The van der Waals surface area contributed by atoms with Crippen molar-refractivity contribution >= 4 is 17.4 Å². The SMILES string of the molecule is Cc1cccnc1NC(=O)c1cccc([N+](=O)[O-])c1O. The molecule has 0 fully saturated rings. The average Bonchev–Trinajstić information content (AvgIpc) is 2.41. The van der Waals surface area contributed by atoms with E-state index in [9.17, 15) is 20.0 Å². The molecule has 0 saturated carbocycles.